The lowest BCUT2D eigenvalue weighted by molar-refractivity contribution is 0.0740. The highest BCUT2D eigenvalue weighted by atomic mass is 35.5. The fraction of sp³-hybridized carbons (Fsp3) is 0.500. The Morgan fingerprint density at radius 2 is 2.20 bits per heavy atom. The van der Waals surface area contributed by atoms with Crippen LogP contribution in [-0.4, -0.2) is 37.0 Å². The minimum Gasteiger partial charge on any atom is -0.335 e. The van der Waals surface area contributed by atoms with Crippen LogP contribution < -0.4 is 5.32 Å². The molecule has 0 spiro atoms. The van der Waals surface area contributed by atoms with Gasteiger partial charge in [0, 0.05) is 31.1 Å². The van der Waals surface area contributed by atoms with E-state index in [0.717, 1.165) is 35.9 Å². The average molecular weight is 245 g/mol. The highest BCUT2D eigenvalue weighted by Gasteiger charge is 2.20. The van der Waals surface area contributed by atoms with Gasteiger partial charge in [-0.05, 0) is 13.0 Å². The molecule has 1 fully saturated rings. The largest absolute Gasteiger partial charge is 0.335 e. The van der Waals surface area contributed by atoms with Crippen LogP contribution in [0.25, 0.3) is 0 Å². The Bertz CT molecular complexity index is 352. The van der Waals surface area contributed by atoms with Crippen LogP contribution in [-0.2, 0) is 0 Å². The summed E-state index contributed by atoms with van der Waals surface area (Å²) in [5.74, 6) is 0.108. The van der Waals surface area contributed by atoms with Crippen molar-refractivity contribution in [3.8, 4) is 0 Å². The molecule has 1 amide bonds. The summed E-state index contributed by atoms with van der Waals surface area (Å²) in [5.41, 5.74) is 0. The first-order chi connectivity index (χ1) is 7.18. The predicted octanol–water partition coefficient (Wildman–Crippen LogP) is 1.76. The molecule has 1 aliphatic rings. The van der Waals surface area contributed by atoms with E-state index in [4.69, 9.17) is 11.6 Å². The molecule has 0 aromatic carbocycles. The van der Waals surface area contributed by atoms with Crippen LogP contribution in [0.1, 0.15) is 14.5 Å². The van der Waals surface area contributed by atoms with E-state index in [2.05, 4.69) is 5.32 Å². The van der Waals surface area contributed by atoms with Gasteiger partial charge in [-0.2, -0.15) is 0 Å². The van der Waals surface area contributed by atoms with Crippen LogP contribution in [0.5, 0.6) is 0 Å². The predicted molar refractivity (Wildman–Crippen MR) is 62.8 cm³/mol. The quantitative estimate of drug-likeness (QED) is 0.817. The maximum atomic E-state index is 12.0. The van der Waals surface area contributed by atoms with Crippen molar-refractivity contribution in [2.45, 2.75) is 6.92 Å². The maximum Gasteiger partial charge on any atom is 0.264 e. The minimum absolute atomic E-state index is 0.108. The third-order valence-corrected chi connectivity index (χ3v) is 4.02. The number of halogens is 1. The second-order valence-corrected chi connectivity index (χ2v) is 5.22. The average Bonchev–Trinajstić information content (AvgIpc) is 2.59. The van der Waals surface area contributed by atoms with Crippen molar-refractivity contribution in [2.75, 3.05) is 26.2 Å². The van der Waals surface area contributed by atoms with Crippen molar-refractivity contribution >= 4 is 28.8 Å². The van der Waals surface area contributed by atoms with Gasteiger partial charge >= 0.3 is 0 Å². The van der Waals surface area contributed by atoms with E-state index in [9.17, 15) is 4.79 Å². The zero-order valence-corrected chi connectivity index (χ0v) is 10.1. The molecule has 1 N–H and O–H groups in total. The molecule has 0 radical (unpaired) electrons. The molecule has 1 aliphatic heterocycles. The number of nitrogens with zero attached hydrogens (tertiary/aromatic N) is 1. The second-order valence-electron chi connectivity index (χ2n) is 3.56. The summed E-state index contributed by atoms with van der Waals surface area (Å²) in [6.07, 6.45) is 0. The van der Waals surface area contributed by atoms with Gasteiger partial charge in [-0.1, -0.05) is 11.6 Å². The molecular formula is C10H13ClN2OS. The third kappa shape index (κ3) is 2.33. The zero-order valence-electron chi connectivity index (χ0n) is 8.55. The minimum atomic E-state index is 0.108. The highest BCUT2D eigenvalue weighted by molar-refractivity contribution is 7.14. The Labute approximate surface area is 98.0 Å². The number of hydrogen-bond donors (Lipinski definition) is 1. The van der Waals surface area contributed by atoms with Gasteiger partial charge < -0.3 is 10.2 Å². The van der Waals surface area contributed by atoms with Gasteiger partial charge in [0.2, 0.25) is 0 Å². The van der Waals surface area contributed by atoms with Gasteiger partial charge in [0.1, 0.15) is 0 Å². The summed E-state index contributed by atoms with van der Waals surface area (Å²) in [6, 6.07) is 1.77. The number of rotatable bonds is 1. The molecule has 1 aromatic rings. The van der Waals surface area contributed by atoms with Gasteiger partial charge in [0.05, 0.1) is 9.90 Å². The van der Waals surface area contributed by atoms with E-state index in [1.165, 1.54) is 11.3 Å². The monoisotopic (exact) mass is 244 g/mol. The summed E-state index contributed by atoms with van der Waals surface area (Å²) in [6.45, 7) is 5.26. The van der Waals surface area contributed by atoms with E-state index < -0.39 is 0 Å². The van der Waals surface area contributed by atoms with E-state index >= 15 is 0 Å². The van der Waals surface area contributed by atoms with Crippen molar-refractivity contribution in [2.24, 2.45) is 0 Å². The first-order valence-corrected chi connectivity index (χ1v) is 6.14. The smallest absolute Gasteiger partial charge is 0.264 e. The van der Waals surface area contributed by atoms with Crippen molar-refractivity contribution in [3.63, 3.8) is 0 Å². The lowest BCUT2D eigenvalue weighted by Crippen LogP contribution is -2.46. The zero-order chi connectivity index (χ0) is 10.8. The van der Waals surface area contributed by atoms with E-state index in [0.29, 0.717) is 5.02 Å². The number of carbonyl (C=O) groups is 1. The van der Waals surface area contributed by atoms with Gasteiger partial charge in [-0.15, -0.1) is 11.3 Å². The lowest BCUT2D eigenvalue weighted by atomic mass is 10.3. The van der Waals surface area contributed by atoms with E-state index in [1.54, 1.807) is 6.07 Å². The normalized spacial score (nSPS) is 16.8. The fourth-order valence-corrected chi connectivity index (χ4v) is 2.76. The Hall–Kier alpha value is -0.580. The summed E-state index contributed by atoms with van der Waals surface area (Å²) in [7, 11) is 0. The molecule has 2 heterocycles. The molecule has 0 unspecified atom stereocenters. The number of thiophene rings is 1. The number of aryl methyl sites for hydroxylation is 1. The first kappa shape index (κ1) is 10.9. The van der Waals surface area contributed by atoms with Gasteiger partial charge in [0.25, 0.3) is 5.91 Å². The molecule has 0 saturated carbocycles. The summed E-state index contributed by atoms with van der Waals surface area (Å²) in [4.78, 5) is 15.6. The van der Waals surface area contributed by atoms with Crippen molar-refractivity contribution in [1.82, 2.24) is 10.2 Å². The van der Waals surface area contributed by atoms with Gasteiger partial charge in [0.15, 0.2) is 0 Å². The molecule has 15 heavy (non-hydrogen) atoms. The van der Waals surface area contributed by atoms with Crippen molar-refractivity contribution in [1.29, 1.82) is 0 Å². The van der Waals surface area contributed by atoms with Crippen LogP contribution >= 0.6 is 22.9 Å². The molecule has 5 heteroatoms. The molecule has 1 aromatic heterocycles. The molecule has 0 atom stereocenters. The summed E-state index contributed by atoms with van der Waals surface area (Å²) < 4.78 is 0. The van der Waals surface area contributed by atoms with Crippen molar-refractivity contribution in [3.05, 3.63) is 20.8 Å². The van der Waals surface area contributed by atoms with E-state index in [-0.39, 0.29) is 5.91 Å². The Morgan fingerprint density at radius 3 is 2.73 bits per heavy atom. The van der Waals surface area contributed by atoms with Gasteiger partial charge in [-0.3, -0.25) is 4.79 Å². The fourth-order valence-electron chi connectivity index (χ4n) is 1.59. The molecule has 1 saturated heterocycles. The summed E-state index contributed by atoms with van der Waals surface area (Å²) >= 11 is 7.41. The SMILES string of the molecule is Cc1sc(C(=O)N2CCNCC2)cc1Cl. The topological polar surface area (TPSA) is 32.3 Å². The van der Waals surface area contributed by atoms with Crippen molar-refractivity contribution < 1.29 is 4.79 Å². The lowest BCUT2D eigenvalue weighted by Gasteiger charge is -2.26. The molecule has 3 nitrogen and oxygen atoms in total. The molecule has 0 bridgehead atoms. The number of piperazine rings is 1. The molecule has 0 aliphatic carbocycles. The number of amides is 1. The molecular weight excluding hydrogens is 232 g/mol. The van der Waals surface area contributed by atoms with Crippen LogP contribution in [0.2, 0.25) is 5.02 Å². The maximum absolute atomic E-state index is 12.0. The highest BCUT2D eigenvalue weighted by Crippen LogP contribution is 2.26. The molecule has 2 rings (SSSR count). The van der Waals surface area contributed by atoms with E-state index in [1.807, 2.05) is 11.8 Å². The number of carbonyl (C=O) groups excluding carboxylic acids is 1. The Kier molecular flexibility index (Phi) is 3.29. The Morgan fingerprint density at radius 1 is 1.53 bits per heavy atom. The Balaban J connectivity index is 2.12. The van der Waals surface area contributed by atoms with Crippen LogP contribution in [0.3, 0.4) is 0 Å². The second kappa shape index (κ2) is 4.51. The van der Waals surface area contributed by atoms with Crippen LogP contribution in [0.4, 0.5) is 0 Å². The molecule has 82 valence electrons. The standard InChI is InChI=1S/C10H13ClN2OS/c1-7-8(11)6-9(15-7)10(14)13-4-2-12-3-5-13/h6,12H,2-5H2,1H3. The number of hydrogen-bond acceptors (Lipinski definition) is 3. The third-order valence-electron chi connectivity index (χ3n) is 2.47. The first-order valence-electron chi connectivity index (χ1n) is 4.94. The van der Waals surface area contributed by atoms with Crippen LogP contribution in [0, 0.1) is 6.92 Å². The summed E-state index contributed by atoms with van der Waals surface area (Å²) in [5, 5.41) is 3.91. The van der Waals surface area contributed by atoms with Gasteiger partial charge in [-0.25, -0.2) is 0 Å². The van der Waals surface area contributed by atoms with Crippen LogP contribution in [0.15, 0.2) is 6.07 Å². The number of nitrogens with one attached hydrogen (secondary N) is 1.